The normalized spacial score (nSPS) is 14.2. The van der Waals surface area contributed by atoms with E-state index in [1.165, 1.54) is 29.8 Å². The third-order valence-electron chi connectivity index (χ3n) is 4.75. The summed E-state index contributed by atoms with van der Waals surface area (Å²) in [7, 11) is 0. The zero-order chi connectivity index (χ0) is 23.4. The van der Waals surface area contributed by atoms with Gasteiger partial charge in [-0.3, -0.25) is 10.1 Å². The molecule has 33 heavy (non-hydrogen) atoms. The van der Waals surface area contributed by atoms with Crippen LogP contribution in [0.1, 0.15) is 16.7 Å². The maximum Gasteiger partial charge on any atom is 0.363 e. The van der Waals surface area contributed by atoms with Gasteiger partial charge < -0.3 is 9.47 Å². The molecule has 0 saturated heterocycles. The molecule has 0 saturated carbocycles. The van der Waals surface area contributed by atoms with E-state index in [-0.39, 0.29) is 17.3 Å². The Labute approximate surface area is 206 Å². The molecule has 0 bridgehead atoms. The molecule has 0 amide bonds. The Morgan fingerprint density at radius 3 is 2.33 bits per heavy atom. The van der Waals surface area contributed by atoms with Gasteiger partial charge in [-0.1, -0.05) is 30.3 Å². The van der Waals surface area contributed by atoms with Gasteiger partial charge in [0.1, 0.15) is 5.75 Å². The summed E-state index contributed by atoms with van der Waals surface area (Å²) in [5.41, 5.74) is 2.44. The van der Waals surface area contributed by atoms with E-state index in [0.717, 1.165) is 15.4 Å². The number of nitrogens with zero attached hydrogens (tertiary/aromatic N) is 2. The van der Waals surface area contributed by atoms with Gasteiger partial charge in [0.25, 0.3) is 5.69 Å². The van der Waals surface area contributed by atoms with Gasteiger partial charge in [-0.25, -0.2) is 9.79 Å². The number of esters is 1. The fourth-order valence-electron chi connectivity index (χ4n) is 3.13. The van der Waals surface area contributed by atoms with Crippen molar-refractivity contribution >= 4 is 55.5 Å². The summed E-state index contributed by atoms with van der Waals surface area (Å²) >= 11 is 7.05. The number of benzene rings is 3. The Morgan fingerprint density at radius 1 is 1.03 bits per heavy atom. The van der Waals surface area contributed by atoms with Crippen LogP contribution in [0.3, 0.4) is 0 Å². The molecule has 0 fully saturated rings. The minimum absolute atomic E-state index is 0.0554. The first-order valence-corrected chi connectivity index (χ1v) is 11.4. The first kappa shape index (κ1) is 22.9. The summed E-state index contributed by atoms with van der Waals surface area (Å²) in [6.45, 7) is 0.511. The molecule has 0 aliphatic carbocycles. The highest BCUT2D eigenvalue weighted by Crippen LogP contribution is 2.36. The fourth-order valence-corrected chi connectivity index (χ4v) is 4.58. The Bertz CT molecular complexity index is 1250. The number of cyclic esters (lactones) is 1. The first-order chi connectivity index (χ1) is 15.9. The highest BCUT2D eigenvalue weighted by atomic mass is 79.9. The van der Waals surface area contributed by atoms with Crippen LogP contribution in [0, 0.1) is 10.1 Å². The molecular formula is C24H16Br2N2O5. The number of nitro benzene ring substituents is 1. The molecule has 0 atom stereocenters. The second-order valence-electron chi connectivity index (χ2n) is 7.04. The Kier molecular flexibility index (Phi) is 7.00. The topological polar surface area (TPSA) is 91.0 Å². The summed E-state index contributed by atoms with van der Waals surface area (Å²) in [6.07, 6.45) is 2.38. The minimum atomic E-state index is -0.598. The predicted octanol–water partition coefficient (Wildman–Crippen LogP) is 6.09. The Hall–Kier alpha value is -3.30. The zero-order valence-electron chi connectivity index (χ0n) is 17.0. The molecule has 0 unspecified atom stereocenters. The van der Waals surface area contributed by atoms with Crippen LogP contribution >= 0.6 is 31.9 Å². The van der Waals surface area contributed by atoms with Crippen LogP contribution in [-0.2, 0) is 16.0 Å². The second-order valence-corrected chi connectivity index (χ2v) is 8.75. The number of hydrogen-bond donors (Lipinski definition) is 0. The van der Waals surface area contributed by atoms with E-state index in [1.807, 2.05) is 30.3 Å². The molecule has 3 aromatic rings. The van der Waals surface area contributed by atoms with E-state index in [0.29, 0.717) is 23.5 Å². The van der Waals surface area contributed by atoms with Crippen molar-refractivity contribution in [2.24, 2.45) is 4.99 Å². The minimum Gasteiger partial charge on any atom is -0.491 e. The molecule has 0 radical (unpaired) electrons. The Morgan fingerprint density at radius 2 is 1.70 bits per heavy atom. The van der Waals surface area contributed by atoms with Crippen molar-refractivity contribution < 1.29 is 19.2 Å². The van der Waals surface area contributed by atoms with E-state index < -0.39 is 10.9 Å². The smallest absolute Gasteiger partial charge is 0.363 e. The molecule has 0 N–H and O–H groups in total. The van der Waals surface area contributed by atoms with Crippen LogP contribution in [0.5, 0.6) is 5.75 Å². The third kappa shape index (κ3) is 5.55. The van der Waals surface area contributed by atoms with Gasteiger partial charge in [-0.15, -0.1) is 0 Å². The van der Waals surface area contributed by atoms with E-state index in [2.05, 4.69) is 49.0 Å². The average Bonchev–Trinajstić information content (AvgIpc) is 3.16. The van der Waals surface area contributed by atoms with Crippen LogP contribution in [0.2, 0.25) is 0 Å². The molecule has 1 aliphatic heterocycles. The number of aliphatic imine (C=N–C) groups is 1. The number of non-ortho nitro benzene ring substituents is 1. The van der Waals surface area contributed by atoms with Crippen molar-refractivity contribution in [2.75, 3.05) is 6.61 Å². The van der Waals surface area contributed by atoms with Gasteiger partial charge in [-0.05, 0) is 73.3 Å². The van der Waals surface area contributed by atoms with Gasteiger partial charge in [0, 0.05) is 24.1 Å². The van der Waals surface area contributed by atoms with Crippen LogP contribution in [0.25, 0.3) is 6.08 Å². The maximum atomic E-state index is 12.3. The molecule has 3 aromatic carbocycles. The highest BCUT2D eigenvalue weighted by Gasteiger charge is 2.25. The maximum absolute atomic E-state index is 12.3. The van der Waals surface area contributed by atoms with E-state index in [4.69, 9.17) is 9.47 Å². The van der Waals surface area contributed by atoms with E-state index in [9.17, 15) is 14.9 Å². The second kappa shape index (κ2) is 10.1. The third-order valence-corrected chi connectivity index (χ3v) is 5.93. The quantitative estimate of drug-likeness (QED) is 0.148. The van der Waals surface area contributed by atoms with Crippen LogP contribution in [0.4, 0.5) is 5.69 Å². The van der Waals surface area contributed by atoms with Gasteiger partial charge in [0.05, 0.1) is 20.5 Å². The summed E-state index contributed by atoms with van der Waals surface area (Å²) in [4.78, 5) is 26.8. The average molecular weight is 572 g/mol. The van der Waals surface area contributed by atoms with E-state index >= 15 is 0 Å². The SMILES string of the molecule is O=C1OC(c2ccc([N+](=O)[O-])cc2)=N/C1=C\c1cc(Br)c(OCCc2ccccc2)c(Br)c1. The lowest BCUT2D eigenvalue weighted by atomic mass is 10.1. The standard InChI is InChI=1S/C24H16Br2N2O5/c25-19-12-16(13-20(26)22(19)32-11-10-15-4-2-1-3-5-15)14-21-24(29)33-23(27-21)17-6-8-18(9-7-17)28(30)31/h1-9,12-14H,10-11H2/b21-14-. The van der Waals surface area contributed by atoms with Crippen LogP contribution in [-0.4, -0.2) is 23.4 Å². The lowest BCUT2D eigenvalue weighted by Crippen LogP contribution is -2.05. The molecule has 0 aromatic heterocycles. The number of halogens is 2. The van der Waals surface area contributed by atoms with Crippen molar-refractivity contribution in [1.82, 2.24) is 0 Å². The number of rotatable bonds is 7. The predicted molar refractivity (Wildman–Crippen MR) is 131 cm³/mol. The summed E-state index contributed by atoms with van der Waals surface area (Å²) < 4.78 is 12.6. The number of hydrogen-bond acceptors (Lipinski definition) is 6. The van der Waals surface area contributed by atoms with Crippen molar-refractivity contribution in [3.63, 3.8) is 0 Å². The molecule has 4 rings (SSSR count). The molecular weight excluding hydrogens is 556 g/mol. The Balaban J connectivity index is 1.49. The fraction of sp³-hybridized carbons (Fsp3) is 0.0833. The van der Waals surface area contributed by atoms with Gasteiger partial charge >= 0.3 is 5.97 Å². The molecule has 7 nitrogen and oxygen atoms in total. The number of nitro groups is 1. The monoisotopic (exact) mass is 570 g/mol. The highest BCUT2D eigenvalue weighted by molar-refractivity contribution is 9.11. The van der Waals surface area contributed by atoms with Gasteiger partial charge in [0.15, 0.2) is 5.70 Å². The molecule has 1 aliphatic rings. The summed E-state index contributed by atoms with van der Waals surface area (Å²) in [5.74, 6) is 0.163. The summed E-state index contributed by atoms with van der Waals surface area (Å²) in [6, 6.07) is 19.3. The lowest BCUT2D eigenvalue weighted by Gasteiger charge is -2.11. The van der Waals surface area contributed by atoms with Gasteiger partial charge in [-0.2, -0.15) is 0 Å². The molecule has 0 spiro atoms. The molecule has 1 heterocycles. The number of carbonyl (C=O) groups excluding carboxylic acids is 1. The molecule has 166 valence electrons. The summed E-state index contributed by atoms with van der Waals surface area (Å²) in [5, 5.41) is 10.8. The zero-order valence-corrected chi connectivity index (χ0v) is 20.2. The van der Waals surface area contributed by atoms with Crippen LogP contribution in [0.15, 0.2) is 86.4 Å². The van der Waals surface area contributed by atoms with Crippen molar-refractivity contribution in [3.8, 4) is 5.75 Å². The van der Waals surface area contributed by atoms with E-state index in [1.54, 1.807) is 6.08 Å². The van der Waals surface area contributed by atoms with Crippen molar-refractivity contribution in [3.05, 3.63) is 108 Å². The van der Waals surface area contributed by atoms with Gasteiger partial charge in [0.2, 0.25) is 5.90 Å². The first-order valence-electron chi connectivity index (χ1n) is 9.84. The number of ether oxygens (including phenoxy) is 2. The largest absolute Gasteiger partial charge is 0.491 e. The molecule has 9 heteroatoms. The van der Waals surface area contributed by atoms with Crippen LogP contribution < -0.4 is 4.74 Å². The van der Waals surface area contributed by atoms with Crippen molar-refractivity contribution in [1.29, 1.82) is 0 Å². The number of carbonyl (C=O) groups is 1. The van der Waals surface area contributed by atoms with Crippen molar-refractivity contribution in [2.45, 2.75) is 6.42 Å². The lowest BCUT2D eigenvalue weighted by molar-refractivity contribution is -0.384.